The highest BCUT2D eigenvalue weighted by atomic mass is 79.9. The van der Waals surface area contributed by atoms with Gasteiger partial charge < -0.3 is 5.32 Å². The Balaban J connectivity index is 2.22. The molecule has 0 bridgehead atoms. The SMILES string of the molecule is CCNCc1ccc(Br)cc1Sc1ncc(C)cn1. The lowest BCUT2D eigenvalue weighted by molar-refractivity contribution is 0.717. The summed E-state index contributed by atoms with van der Waals surface area (Å²) in [5.41, 5.74) is 2.34. The average Bonchev–Trinajstić information content (AvgIpc) is 2.40. The first-order valence-corrected chi connectivity index (χ1v) is 7.75. The van der Waals surface area contributed by atoms with Crippen LogP contribution in [0.5, 0.6) is 0 Å². The van der Waals surface area contributed by atoms with E-state index in [9.17, 15) is 0 Å². The van der Waals surface area contributed by atoms with Crippen LogP contribution in [-0.4, -0.2) is 16.5 Å². The Kier molecular flexibility index (Phi) is 5.36. The fraction of sp³-hybridized carbons (Fsp3) is 0.286. The van der Waals surface area contributed by atoms with Crippen LogP contribution in [0.3, 0.4) is 0 Å². The Morgan fingerprint density at radius 3 is 2.68 bits per heavy atom. The highest BCUT2D eigenvalue weighted by Gasteiger charge is 2.07. The number of nitrogens with zero attached hydrogens (tertiary/aromatic N) is 2. The number of hydrogen-bond acceptors (Lipinski definition) is 4. The number of aryl methyl sites for hydroxylation is 1. The molecule has 0 saturated heterocycles. The van der Waals surface area contributed by atoms with Gasteiger partial charge in [0.2, 0.25) is 0 Å². The van der Waals surface area contributed by atoms with Crippen LogP contribution in [0, 0.1) is 6.92 Å². The number of aromatic nitrogens is 2. The fourth-order valence-corrected chi connectivity index (χ4v) is 2.94. The smallest absolute Gasteiger partial charge is 0.192 e. The molecule has 1 aromatic heterocycles. The van der Waals surface area contributed by atoms with E-state index in [1.807, 2.05) is 19.3 Å². The van der Waals surface area contributed by atoms with Crippen LogP contribution in [-0.2, 0) is 6.54 Å². The van der Waals surface area contributed by atoms with E-state index in [1.165, 1.54) is 10.5 Å². The maximum atomic E-state index is 4.34. The van der Waals surface area contributed by atoms with Gasteiger partial charge in [-0.05, 0) is 48.5 Å². The number of halogens is 1. The summed E-state index contributed by atoms with van der Waals surface area (Å²) in [5, 5.41) is 4.13. The lowest BCUT2D eigenvalue weighted by Gasteiger charge is -2.09. The zero-order valence-corrected chi connectivity index (χ0v) is 13.4. The molecular formula is C14H16BrN3S. The van der Waals surface area contributed by atoms with Gasteiger partial charge in [-0.3, -0.25) is 0 Å². The van der Waals surface area contributed by atoms with Crippen LogP contribution in [0.15, 0.2) is 45.1 Å². The average molecular weight is 338 g/mol. The van der Waals surface area contributed by atoms with Crippen molar-refractivity contribution in [2.45, 2.75) is 30.4 Å². The van der Waals surface area contributed by atoms with Crippen LogP contribution in [0.2, 0.25) is 0 Å². The first kappa shape index (κ1) is 14.5. The zero-order chi connectivity index (χ0) is 13.7. The van der Waals surface area contributed by atoms with Crippen molar-refractivity contribution in [1.82, 2.24) is 15.3 Å². The highest BCUT2D eigenvalue weighted by molar-refractivity contribution is 9.10. The van der Waals surface area contributed by atoms with Gasteiger partial charge in [-0.15, -0.1) is 0 Å². The maximum Gasteiger partial charge on any atom is 0.192 e. The van der Waals surface area contributed by atoms with Crippen LogP contribution in [0.25, 0.3) is 0 Å². The van der Waals surface area contributed by atoms with Crippen molar-refractivity contribution in [2.75, 3.05) is 6.54 Å². The topological polar surface area (TPSA) is 37.8 Å². The van der Waals surface area contributed by atoms with E-state index in [0.29, 0.717) is 0 Å². The molecule has 19 heavy (non-hydrogen) atoms. The van der Waals surface area contributed by atoms with Gasteiger partial charge in [0.1, 0.15) is 0 Å². The summed E-state index contributed by atoms with van der Waals surface area (Å²) < 4.78 is 1.07. The first-order chi connectivity index (χ1) is 9.19. The molecule has 3 nitrogen and oxygen atoms in total. The molecule has 5 heteroatoms. The highest BCUT2D eigenvalue weighted by Crippen LogP contribution is 2.30. The van der Waals surface area contributed by atoms with E-state index < -0.39 is 0 Å². The van der Waals surface area contributed by atoms with Gasteiger partial charge in [0.05, 0.1) is 0 Å². The van der Waals surface area contributed by atoms with Crippen molar-refractivity contribution in [3.63, 3.8) is 0 Å². The summed E-state index contributed by atoms with van der Waals surface area (Å²) in [4.78, 5) is 9.86. The first-order valence-electron chi connectivity index (χ1n) is 6.14. The third-order valence-electron chi connectivity index (χ3n) is 2.55. The minimum atomic E-state index is 0.779. The van der Waals surface area contributed by atoms with E-state index >= 15 is 0 Å². The van der Waals surface area contributed by atoms with E-state index in [2.05, 4.69) is 56.3 Å². The molecular weight excluding hydrogens is 322 g/mol. The van der Waals surface area contributed by atoms with Crippen molar-refractivity contribution in [3.8, 4) is 0 Å². The van der Waals surface area contributed by atoms with Gasteiger partial charge in [-0.2, -0.15) is 0 Å². The lowest BCUT2D eigenvalue weighted by atomic mass is 10.2. The van der Waals surface area contributed by atoms with E-state index in [-0.39, 0.29) is 0 Å². The van der Waals surface area contributed by atoms with Crippen LogP contribution < -0.4 is 5.32 Å². The molecule has 0 amide bonds. The van der Waals surface area contributed by atoms with E-state index in [1.54, 1.807) is 11.8 Å². The molecule has 0 saturated carbocycles. The van der Waals surface area contributed by atoms with Gasteiger partial charge in [-0.1, -0.05) is 28.9 Å². The van der Waals surface area contributed by atoms with Crippen LogP contribution >= 0.6 is 27.7 Å². The second-order valence-electron chi connectivity index (χ2n) is 4.18. The van der Waals surface area contributed by atoms with E-state index in [4.69, 9.17) is 0 Å². The minimum Gasteiger partial charge on any atom is -0.313 e. The van der Waals surface area contributed by atoms with Gasteiger partial charge in [0.25, 0.3) is 0 Å². The van der Waals surface area contributed by atoms with Gasteiger partial charge >= 0.3 is 0 Å². The van der Waals surface area contributed by atoms with Crippen LogP contribution in [0.4, 0.5) is 0 Å². The summed E-state index contributed by atoms with van der Waals surface area (Å²) in [6.45, 7) is 5.91. The van der Waals surface area contributed by atoms with Crippen molar-refractivity contribution < 1.29 is 0 Å². The fourth-order valence-electron chi connectivity index (χ4n) is 1.56. The number of hydrogen-bond donors (Lipinski definition) is 1. The quantitative estimate of drug-likeness (QED) is 0.842. The Morgan fingerprint density at radius 2 is 2.00 bits per heavy atom. The minimum absolute atomic E-state index is 0.779. The molecule has 0 spiro atoms. The number of benzene rings is 1. The molecule has 0 fully saturated rings. The largest absolute Gasteiger partial charge is 0.313 e. The molecule has 0 aliphatic heterocycles. The molecule has 2 rings (SSSR count). The van der Waals surface area contributed by atoms with Crippen molar-refractivity contribution in [3.05, 3.63) is 46.2 Å². The number of nitrogens with one attached hydrogen (secondary N) is 1. The van der Waals surface area contributed by atoms with Crippen molar-refractivity contribution in [2.24, 2.45) is 0 Å². The standard InChI is InChI=1S/C14H16BrN3S/c1-3-16-9-11-4-5-12(15)6-13(11)19-14-17-7-10(2)8-18-14/h4-8,16H,3,9H2,1-2H3. The zero-order valence-electron chi connectivity index (χ0n) is 11.0. The van der Waals surface area contributed by atoms with E-state index in [0.717, 1.165) is 28.3 Å². The van der Waals surface area contributed by atoms with Gasteiger partial charge in [0.15, 0.2) is 5.16 Å². The number of rotatable bonds is 5. The molecule has 0 aliphatic carbocycles. The summed E-state index contributed by atoms with van der Waals surface area (Å²) in [7, 11) is 0. The molecule has 100 valence electrons. The maximum absolute atomic E-state index is 4.34. The Hall–Kier alpha value is -0.910. The Morgan fingerprint density at radius 1 is 1.26 bits per heavy atom. The lowest BCUT2D eigenvalue weighted by Crippen LogP contribution is -2.12. The third-order valence-corrected chi connectivity index (χ3v) is 4.04. The summed E-state index contributed by atoms with van der Waals surface area (Å²) in [6.07, 6.45) is 3.69. The van der Waals surface area contributed by atoms with Crippen molar-refractivity contribution >= 4 is 27.7 Å². The molecule has 2 aromatic rings. The summed E-state index contributed by atoms with van der Waals surface area (Å²) >= 11 is 5.11. The predicted octanol–water partition coefficient (Wildman–Crippen LogP) is 3.81. The van der Waals surface area contributed by atoms with Crippen LogP contribution in [0.1, 0.15) is 18.1 Å². The molecule has 0 atom stereocenters. The second kappa shape index (κ2) is 7.03. The summed E-state index contributed by atoms with van der Waals surface area (Å²) in [6, 6.07) is 6.30. The van der Waals surface area contributed by atoms with Gasteiger partial charge in [-0.25, -0.2) is 9.97 Å². The van der Waals surface area contributed by atoms with Crippen molar-refractivity contribution in [1.29, 1.82) is 0 Å². The summed E-state index contributed by atoms with van der Waals surface area (Å²) in [5.74, 6) is 0. The molecule has 0 radical (unpaired) electrons. The molecule has 1 aromatic carbocycles. The van der Waals surface area contributed by atoms with Gasteiger partial charge in [0, 0.05) is 28.3 Å². The second-order valence-corrected chi connectivity index (χ2v) is 6.10. The normalized spacial score (nSPS) is 10.7. The molecule has 1 N–H and O–H groups in total. The molecule has 0 aliphatic rings. The monoisotopic (exact) mass is 337 g/mol. The Bertz CT molecular complexity index is 543. The third kappa shape index (κ3) is 4.30. The molecule has 1 heterocycles. The Labute approximate surface area is 126 Å². The molecule has 0 unspecified atom stereocenters. The predicted molar refractivity (Wildman–Crippen MR) is 82.4 cm³/mol.